The van der Waals surface area contributed by atoms with Gasteiger partial charge >= 0.3 is 0 Å². The third kappa shape index (κ3) is 5.00. The highest BCUT2D eigenvalue weighted by Crippen LogP contribution is 2.27. The van der Waals surface area contributed by atoms with Crippen molar-refractivity contribution >= 4 is 11.8 Å². The number of rotatable bonds is 6. The van der Waals surface area contributed by atoms with E-state index in [1.165, 1.54) is 0 Å². The Bertz CT molecular complexity index is 802. The molecule has 1 saturated heterocycles. The van der Waals surface area contributed by atoms with Crippen molar-refractivity contribution in [2.24, 2.45) is 0 Å². The van der Waals surface area contributed by atoms with Gasteiger partial charge in [-0.1, -0.05) is 30.3 Å². The lowest BCUT2D eigenvalue weighted by Gasteiger charge is -2.35. The van der Waals surface area contributed by atoms with Gasteiger partial charge in [0.2, 0.25) is 11.8 Å². The van der Waals surface area contributed by atoms with E-state index in [0.29, 0.717) is 19.1 Å². The fourth-order valence-electron chi connectivity index (χ4n) is 4.34. The fraction of sp³-hybridized carbons (Fsp3) is 0.524. The SMILES string of the molecule is O=C(CC1C(=O)NCCN1Cc1ccccc1)NC1CCC(n2cncn2)CC1. The highest BCUT2D eigenvalue weighted by atomic mass is 16.2. The molecule has 4 rings (SSSR count). The Morgan fingerprint density at radius 3 is 2.69 bits per heavy atom. The zero-order valence-electron chi connectivity index (χ0n) is 16.5. The lowest BCUT2D eigenvalue weighted by atomic mass is 9.91. The number of nitrogens with one attached hydrogen (secondary N) is 2. The number of benzene rings is 1. The Labute approximate surface area is 170 Å². The molecule has 0 spiro atoms. The number of carbonyl (C=O) groups is 2. The smallest absolute Gasteiger partial charge is 0.237 e. The van der Waals surface area contributed by atoms with Crippen LogP contribution in [0.4, 0.5) is 0 Å². The highest BCUT2D eigenvalue weighted by Gasteiger charge is 2.32. The first kappa shape index (κ1) is 19.6. The molecule has 2 aliphatic rings. The third-order valence-electron chi connectivity index (χ3n) is 5.92. The van der Waals surface area contributed by atoms with Crippen LogP contribution in [0.15, 0.2) is 43.0 Å². The fourth-order valence-corrected chi connectivity index (χ4v) is 4.34. The molecule has 0 radical (unpaired) electrons. The van der Waals surface area contributed by atoms with Gasteiger partial charge in [-0.05, 0) is 31.2 Å². The van der Waals surface area contributed by atoms with Gasteiger partial charge < -0.3 is 10.6 Å². The molecule has 2 fully saturated rings. The van der Waals surface area contributed by atoms with Crippen LogP contribution in [0.2, 0.25) is 0 Å². The molecule has 1 aromatic carbocycles. The van der Waals surface area contributed by atoms with Crippen molar-refractivity contribution in [1.82, 2.24) is 30.3 Å². The lowest BCUT2D eigenvalue weighted by molar-refractivity contribution is -0.134. The van der Waals surface area contributed by atoms with Crippen molar-refractivity contribution in [3.63, 3.8) is 0 Å². The predicted molar refractivity (Wildman–Crippen MR) is 108 cm³/mol. The molecule has 8 nitrogen and oxygen atoms in total. The summed E-state index contributed by atoms with van der Waals surface area (Å²) in [6.45, 7) is 2.05. The van der Waals surface area contributed by atoms with E-state index in [4.69, 9.17) is 0 Å². The Morgan fingerprint density at radius 1 is 1.17 bits per heavy atom. The monoisotopic (exact) mass is 396 g/mol. The number of hydrogen-bond donors (Lipinski definition) is 2. The summed E-state index contributed by atoms with van der Waals surface area (Å²) in [5, 5.41) is 10.3. The van der Waals surface area contributed by atoms with Gasteiger partial charge in [-0.2, -0.15) is 5.10 Å². The number of carbonyl (C=O) groups excluding carboxylic acids is 2. The van der Waals surface area contributed by atoms with E-state index in [0.717, 1.165) is 37.8 Å². The summed E-state index contributed by atoms with van der Waals surface area (Å²) in [7, 11) is 0. The van der Waals surface area contributed by atoms with E-state index in [9.17, 15) is 9.59 Å². The van der Waals surface area contributed by atoms with E-state index in [1.807, 2.05) is 22.9 Å². The Kier molecular flexibility index (Phi) is 6.19. The standard InChI is InChI=1S/C21H28N6O2/c28-20(25-17-6-8-18(9-7-17)27-15-22-14-24-27)12-19-21(29)23-10-11-26(19)13-16-4-2-1-3-5-16/h1-5,14-15,17-19H,6-13H2,(H,23,29)(H,25,28). The second-order valence-electron chi connectivity index (χ2n) is 7.92. The van der Waals surface area contributed by atoms with Crippen LogP contribution in [0.25, 0.3) is 0 Å². The molecule has 2 N–H and O–H groups in total. The topological polar surface area (TPSA) is 92.2 Å². The van der Waals surface area contributed by atoms with Gasteiger partial charge in [-0.3, -0.25) is 14.5 Å². The summed E-state index contributed by atoms with van der Waals surface area (Å²) in [4.78, 5) is 31.3. The molecule has 1 aliphatic heterocycles. The van der Waals surface area contributed by atoms with Gasteiger partial charge in [0, 0.05) is 25.7 Å². The van der Waals surface area contributed by atoms with Crippen LogP contribution in [0.1, 0.15) is 43.7 Å². The normalized spacial score (nSPS) is 25.4. The largest absolute Gasteiger partial charge is 0.353 e. The zero-order valence-corrected chi connectivity index (χ0v) is 16.5. The quantitative estimate of drug-likeness (QED) is 0.767. The van der Waals surface area contributed by atoms with Gasteiger partial charge in [0.15, 0.2) is 0 Å². The molecule has 2 aromatic rings. The van der Waals surface area contributed by atoms with Crippen LogP contribution in [-0.4, -0.2) is 56.7 Å². The molecule has 29 heavy (non-hydrogen) atoms. The minimum absolute atomic E-state index is 0.0469. The molecule has 1 unspecified atom stereocenters. The number of piperazine rings is 1. The number of nitrogens with zero attached hydrogens (tertiary/aromatic N) is 4. The Hall–Kier alpha value is -2.74. The first-order chi connectivity index (χ1) is 14.2. The minimum Gasteiger partial charge on any atom is -0.353 e. The van der Waals surface area contributed by atoms with Crippen molar-refractivity contribution < 1.29 is 9.59 Å². The Morgan fingerprint density at radius 2 is 1.97 bits per heavy atom. The molecule has 154 valence electrons. The average molecular weight is 396 g/mol. The first-order valence-corrected chi connectivity index (χ1v) is 10.4. The average Bonchev–Trinajstić information content (AvgIpc) is 3.27. The molecule has 2 amide bonds. The number of amides is 2. The van der Waals surface area contributed by atoms with Crippen molar-refractivity contribution in [1.29, 1.82) is 0 Å². The third-order valence-corrected chi connectivity index (χ3v) is 5.92. The van der Waals surface area contributed by atoms with Gasteiger partial charge in [-0.15, -0.1) is 0 Å². The van der Waals surface area contributed by atoms with Crippen LogP contribution < -0.4 is 10.6 Å². The maximum Gasteiger partial charge on any atom is 0.237 e. The van der Waals surface area contributed by atoms with Crippen LogP contribution >= 0.6 is 0 Å². The van der Waals surface area contributed by atoms with Crippen molar-refractivity contribution in [2.45, 2.75) is 56.8 Å². The molecule has 1 atom stereocenters. The number of aromatic nitrogens is 3. The first-order valence-electron chi connectivity index (χ1n) is 10.4. The molecular weight excluding hydrogens is 368 g/mol. The molecule has 8 heteroatoms. The van der Waals surface area contributed by atoms with Crippen LogP contribution in [0.3, 0.4) is 0 Å². The van der Waals surface area contributed by atoms with Crippen molar-refractivity contribution in [3.05, 3.63) is 48.5 Å². The summed E-state index contributed by atoms with van der Waals surface area (Å²) in [6, 6.07) is 10.2. The van der Waals surface area contributed by atoms with Gasteiger partial charge in [0.25, 0.3) is 0 Å². The molecule has 1 aromatic heterocycles. The van der Waals surface area contributed by atoms with Gasteiger partial charge in [0.05, 0.1) is 18.5 Å². The van der Waals surface area contributed by atoms with Gasteiger partial charge in [-0.25, -0.2) is 9.67 Å². The van der Waals surface area contributed by atoms with E-state index < -0.39 is 6.04 Å². The maximum absolute atomic E-state index is 12.7. The molecule has 1 saturated carbocycles. The maximum atomic E-state index is 12.7. The van der Waals surface area contributed by atoms with Crippen molar-refractivity contribution in [3.8, 4) is 0 Å². The zero-order chi connectivity index (χ0) is 20.1. The molecular formula is C21H28N6O2. The second kappa shape index (κ2) is 9.17. The highest BCUT2D eigenvalue weighted by molar-refractivity contribution is 5.88. The van der Waals surface area contributed by atoms with Crippen molar-refractivity contribution in [2.75, 3.05) is 13.1 Å². The number of hydrogen-bond acceptors (Lipinski definition) is 5. The molecule has 1 aliphatic carbocycles. The minimum atomic E-state index is -0.421. The van der Waals surface area contributed by atoms with E-state index in [2.05, 4.69) is 37.7 Å². The van der Waals surface area contributed by atoms with E-state index >= 15 is 0 Å². The summed E-state index contributed by atoms with van der Waals surface area (Å²) in [5.74, 6) is -0.105. The molecule has 2 heterocycles. The summed E-state index contributed by atoms with van der Waals surface area (Å²) in [6.07, 6.45) is 7.29. The van der Waals surface area contributed by atoms with Gasteiger partial charge in [0.1, 0.15) is 12.7 Å². The summed E-state index contributed by atoms with van der Waals surface area (Å²) < 4.78 is 1.91. The van der Waals surface area contributed by atoms with Crippen LogP contribution in [0, 0.1) is 0 Å². The lowest BCUT2D eigenvalue weighted by Crippen LogP contribution is -2.56. The van der Waals surface area contributed by atoms with E-state index in [-0.39, 0.29) is 24.3 Å². The van der Waals surface area contributed by atoms with E-state index in [1.54, 1.807) is 12.7 Å². The summed E-state index contributed by atoms with van der Waals surface area (Å²) >= 11 is 0. The summed E-state index contributed by atoms with van der Waals surface area (Å²) in [5.41, 5.74) is 1.15. The second-order valence-corrected chi connectivity index (χ2v) is 7.92. The van der Waals surface area contributed by atoms with Crippen LogP contribution in [-0.2, 0) is 16.1 Å². The Balaban J connectivity index is 1.29. The van der Waals surface area contributed by atoms with Crippen LogP contribution in [0.5, 0.6) is 0 Å². The molecule has 0 bridgehead atoms. The predicted octanol–water partition coefficient (Wildman–Crippen LogP) is 1.27.